The highest BCUT2D eigenvalue weighted by Crippen LogP contribution is 2.19. The van der Waals surface area contributed by atoms with E-state index in [4.69, 9.17) is 4.74 Å². The Labute approximate surface area is 225 Å². The molecule has 3 N–H and O–H groups in total. The second kappa shape index (κ2) is 15.7. The first kappa shape index (κ1) is 29.1. The van der Waals surface area contributed by atoms with Crippen LogP contribution in [0.4, 0.5) is 0 Å². The quantitative estimate of drug-likeness (QED) is 0.363. The van der Waals surface area contributed by atoms with Gasteiger partial charge in [0.1, 0.15) is 6.61 Å². The lowest BCUT2D eigenvalue weighted by molar-refractivity contribution is -0.150. The molecule has 7 heteroatoms. The summed E-state index contributed by atoms with van der Waals surface area (Å²) in [5, 5.41) is 15.0. The first-order chi connectivity index (χ1) is 18.4. The second-order valence-electron chi connectivity index (χ2n) is 10.1. The number of aliphatic hydroxyl groups is 1. The summed E-state index contributed by atoms with van der Waals surface area (Å²) >= 11 is 0. The largest absolute Gasteiger partial charge is 0.463 e. The molecule has 1 aliphatic rings. The van der Waals surface area contributed by atoms with E-state index in [-0.39, 0.29) is 49.4 Å². The Kier molecular flexibility index (Phi) is 12.0. The summed E-state index contributed by atoms with van der Waals surface area (Å²) in [7, 11) is 0. The minimum absolute atomic E-state index is 0.0114. The number of rotatable bonds is 8. The van der Waals surface area contributed by atoms with Crippen LogP contribution in [0.5, 0.6) is 0 Å². The Bertz CT molecular complexity index is 1040. The van der Waals surface area contributed by atoms with E-state index in [2.05, 4.69) is 10.6 Å². The Hall–Kier alpha value is -3.45. The molecule has 1 heterocycles. The molecule has 0 saturated heterocycles. The van der Waals surface area contributed by atoms with Gasteiger partial charge in [0.15, 0.2) is 0 Å². The Morgan fingerprint density at radius 3 is 2.32 bits per heavy atom. The molecule has 0 saturated carbocycles. The van der Waals surface area contributed by atoms with Crippen molar-refractivity contribution < 1.29 is 24.2 Å². The maximum absolute atomic E-state index is 13.3. The second-order valence-corrected chi connectivity index (χ2v) is 10.1. The van der Waals surface area contributed by atoms with E-state index >= 15 is 0 Å². The number of nitrogens with one attached hydrogen (secondary N) is 2. The number of amides is 2. The number of allylic oxidation sites excluding steroid dienone is 2. The summed E-state index contributed by atoms with van der Waals surface area (Å²) in [4.78, 5) is 39.0. The number of hydrogen-bond acceptors (Lipinski definition) is 5. The monoisotopic (exact) mass is 520 g/mol. The smallest absolute Gasteiger partial charge is 0.309 e. The average Bonchev–Trinajstić information content (AvgIpc) is 2.92. The lowest BCUT2D eigenvalue weighted by atomic mass is 9.93. The third kappa shape index (κ3) is 10.1. The fourth-order valence-electron chi connectivity index (χ4n) is 4.62. The van der Waals surface area contributed by atoms with Crippen LogP contribution in [0.3, 0.4) is 0 Å². The van der Waals surface area contributed by atoms with Crippen molar-refractivity contribution in [3.63, 3.8) is 0 Å². The van der Waals surface area contributed by atoms with Gasteiger partial charge in [-0.3, -0.25) is 14.4 Å². The summed E-state index contributed by atoms with van der Waals surface area (Å²) in [5.41, 5.74) is 2.11. The van der Waals surface area contributed by atoms with Gasteiger partial charge in [0, 0.05) is 12.5 Å². The predicted octanol–water partition coefficient (Wildman–Crippen LogP) is 3.75. The SMILES string of the molecule is C[C@@H](CO)NC(=O)C[C@H]1CC=CCCC[C@H](Cc2ccccc2)C(=O)OC[C@H](Cc2ccccc2)NC1=O. The Morgan fingerprint density at radius 1 is 1.00 bits per heavy atom. The molecule has 0 unspecified atom stereocenters. The van der Waals surface area contributed by atoms with Gasteiger partial charge in [-0.25, -0.2) is 0 Å². The van der Waals surface area contributed by atoms with E-state index in [1.165, 1.54) is 0 Å². The number of cyclic esters (lactones) is 1. The van der Waals surface area contributed by atoms with Gasteiger partial charge >= 0.3 is 5.97 Å². The van der Waals surface area contributed by atoms with E-state index in [0.717, 1.165) is 24.0 Å². The first-order valence-corrected chi connectivity index (χ1v) is 13.5. The topological polar surface area (TPSA) is 105 Å². The van der Waals surface area contributed by atoms with Crippen molar-refractivity contribution in [3.05, 3.63) is 83.9 Å². The van der Waals surface area contributed by atoms with Crippen molar-refractivity contribution in [2.75, 3.05) is 13.2 Å². The normalized spacial score (nSPS) is 22.0. The number of ether oxygens (including phenoxy) is 1. The van der Waals surface area contributed by atoms with Gasteiger partial charge < -0.3 is 20.5 Å². The van der Waals surface area contributed by atoms with Crippen LogP contribution in [0.1, 0.15) is 50.2 Å². The molecular formula is C31H40N2O5. The van der Waals surface area contributed by atoms with Crippen molar-refractivity contribution in [3.8, 4) is 0 Å². The Morgan fingerprint density at radius 2 is 1.66 bits per heavy atom. The molecule has 2 amide bonds. The van der Waals surface area contributed by atoms with E-state index in [0.29, 0.717) is 25.7 Å². The lowest BCUT2D eigenvalue weighted by Crippen LogP contribution is -2.45. The van der Waals surface area contributed by atoms with Gasteiger partial charge in [0.2, 0.25) is 11.8 Å². The lowest BCUT2D eigenvalue weighted by Gasteiger charge is -2.24. The summed E-state index contributed by atoms with van der Waals surface area (Å²) in [6, 6.07) is 18.9. The molecule has 0 bridgehead atoms. The molecule has 2 aromatic carbocycles. The molecule has 0 aromatic heterocycles. The van der Waals surface area contributed by atoms with Gasteiger partial charge in [-0.2, -0.15) is 0 Å². The van der Waals surface area contributed by atoms with Crippen molar-refractivity contribution in [2.45, 2.75) is 64.0 Å². The number of esters is 1. The van der Waals surface area contributed by atoms with Gasteiger partial charge in [0.05, 0.1) is 24.5 Å². The molecule has 7 nitrogen and oxygen atoms in total. The molecule has 4 atom stereocenters. The van der Waals surface area contributed by atoms with Crippen LogP contribution in [0.2, 0.25) is 0 Å². The van der Waals surface area contributed by atoms with Crippen LogP contribution >= 0.6 is 0 Å². The molecule has 1 aliphatic heterocycles. The van der Waals surface area contributed by atoms with Gasteiger partial charge in [-0.15, -0.1) is 0 Å². The molecule has 0 spiro atoms. The number of carbonyl (C=O) groups is 3. The standard InChI is InChI=1S/C31H40N2O5/c1-23(21-34)32-29(35)20-26-16-10-2-3-11-17-27(18-24-12-6-4-7-13-24)31(37)38-22-28(33-30(26)36)19-25-14-8-5-9-15-25/h2,4-10,12-15,23,26-28,34H,3,11,16-22H2,1H3,(H,32,35)(H,33,36)/t23-,26+,27+,28-/m0/s1. The maximum Gasteiger partial charge on any atom is 0.309 e. The summed E-state index contributed by atoms with van der Waals surface area (Å²) in [5.74, 6) is -1.62. The van der Waals surface area contributed by atoms with Crippen molar-refractivity contribution in [1.29, 1.82) is 0 Å². The van der Waals surface area contributed by atoms with Crippen LogP contribution < -0.4 is 10.6 Å². The van der Waals surface area contributed by atoms with Crippen LogP contribution in [0.15, 0.2) is 72.8 Å². The minimum atomic E-state index is -0.570. The number of benzene rings is 2. The van der Waals surface area contributed by atoms with Gasteiger partial charge in [-0.05, 0) is 56.6 Å². The van der Waals surface area contributed by atoms with E-state index in [1.54, 1.807) is 6.92 Å². The molecule has 0 radical (unpaired) electrons. The highest BCUT2D eigenvalue weighted by molar-refractivity contribution is 5.86. The zero-order valence-electron chi connectivity index (χ0n) is 22.2. The average molecular weight is 521 g/mol. The summed E-state index contributed by atoms with van der Waals surface area (Å²) in [6.45, 7) is 1.60. The molecule has 38 heavy (non-hydrogen) atoms. The molecule has 3 rings (SSSR count). The van der Waals surface area contributed by atoms with Crippen LogP contribution in [-0.2, 0) is 32.0 Å². The molecular weight excluding hydrogens is 480 g/mol. The van der Waals surface area contributed by atoms with Crippen molar-refractivity contribution in [2.24, 2.45) is 11.8 Å². The minimum Gasteiger partial charge on any atom is -0.463 e. The van der Waals surface area contributed by atoms with Gasteiger partial charge in [0.25, 0.3) is 0 Å². The third-order valence-electron chi connectivity index (χ3n) is 6.75. The van der Waals surface area contributed by atoms with E-state index < -0.39 is 12.0 Å². The predicted molar refractivity (Wildman–Crippen MR) is 147 cm³/mol. The van der Waals surface area contributed by atoms with Crippen molar-refractivity contribution >= 4 is 17.8 Å². The fourth-order valence-corrected chi connectivity index (χ4v) is 4.62. The maximum atomic E-state index is 13.3. The van der Waals surface area contributed by atoms with E-state index in [1.807, 2.05) is 72.8 Å². The highest BCUT2D eigenvalue weighted by atomic mass is 16.5. The summed E-state index contributed by atoms with van der Waals surface area (Å²) < 4.78 is 5.81. The fraction of sp³-hybridized carbons (Fsp3) is 0.452. The molecule has 0 aliphatic carbocycles. The highest BCUT2D eigenvalue weighted by Gasteiger charge is 2.27. The van der Waals surface area contributed by atoms with Crippen LogP contribution in [0, 0.1) is 11.8 Å². The Balaban J connectivity index is 1.77. The number of aliphatic hydroxyl groups excluding tert-OH is 1. The summed E-state index contributed by atoms with van der Waals surface area (Å²) in [6.07, 6.45) is 7.83. The molecule has 0 fully saturated rings. The molecule has 2 aromatic rings. The number of hydrogen-bond donors (Lipinski definition) is 3. The number of carbonyl (C=O) groups excluding carboxylic acids is 3. The van der Waals surface area contributed by atoms with Crippen LogP contribution in [0.25, 0.3) is 0 Å². The molecule has 204 valence electrons. The van der Waals surface area contributed by atoms with Gasteiger partial charge in [-0.1, -0.05) is 72.8 Å². The first-order valence-electron chi connectivity index (χ1n) is 13.5. The third-order valence-corrected chi connectivity index (χ3v) is 6.75. The zero-order chi connectivity index (χ0) is 27.2. The van der Waals surface area contributed by atoms with Crippen LogP contribution in [-0.4, -0.2) is 48.2 Å². The van der Waals surface area contributed by atoms with Crippen molar-refractivity contribution in [1.82, 2.24) is 10.6 Å². The zero-order valence-corrected chi connectivity index (χ0v) is 22.2. The van der Waals surface area contributed by atoms with E-state index in [9.17, 15) is 19.5 Å².